The second-order valence-corrected chi connectivity index (χ2v) is 2.25. The van der Waals surface area contributed by atoms with Crippen LogP contribution in [0.5, 0.6) is 0 Å². The number of carbonyl (C=O) groups is 2. The maximum atomic E-state index is 11.1. The molecule has 0 aliphatic heterocycles. The lowest BCUT2D eigenvalue weighted by molar-refractivity contribution is -0.142. The van der Waals surface area contributed by atoms with E-state index in [1.165, 1.54) is 11.0 Å². The summed E-state index contributed by atoms with van der Waals surface area (Å²) in [5.41, 5.74) is 0. The highest BCUT2D eigenvalue weighted by Crippen LogP contribution is 1.90. The third kappa shape index (κ3) is 3.75. The first-order valence-electron chi connectivity index (χ1n) is 3.75. The molecule has 0 rings (SSSR count). The lowest BCUT2D eigenvalue weighted by Crippen LogP contribution is -2.34. The molecule has 0 aliphatic rings. The lowest BCUT2D eigenvalue weighted by atomic mass is 10.4. The highest BCUT2D eigenvalue weighted by molar-refractivity contribution is 5.89. The van der Waals surface area contributed by atoms with Crippen molar-refractivity contribution in [1.29, 1.82) is 0 Å². The van der Waals surface area contributed by atoms with Gasteiger partial charge in [0.2, 0.25) is 5.91 Å². The Bertz CT molecular complexity index is 198. The third-order valence-electron chi connectivity index (χ3n) is 1.33. The Morgan fingerprint density at radius 3 is 2.42 bits per heavy atom. The summed E-state index contributed by atoms with van der Waals surface area (Å²) in [6.45, 7) is 3.63. The number of nitrogens with zero attached hydrogens (tertiary/aromatic N) is 1. The van der Waals surface area contributed by atoms with Gasteiger partial charge in [-0.25, -0.2) is 0 Å². The molecule has 0 aromatic heterocycles. The van der Waals surface area contributed by atoms with Gasteiger partial charge < -0.3 is 10.0 Å². The molecule has 0 fully saturated rings. The minimum Gasteiger partial charge on any atom is -0.480 e. The quantitative estimate of drug-likeness (QED) is 0.626. The SMILES string of the molecule is C/C=C\C(=O)N(CC)CC(=O)O. The molecule has 12 heavy (non-hydrogen) atoms. The largest absolute Gasteiger partial charge is 0.480 e. The van der Waals surface area contributed by atoms with Crippen LogP contribution >= 0.6 is 0 Å². The summed E-state index contributed by atoms with van der Waals surface area (Å²) in [6, 6.07) is 0. The van der Waals surface area contributed by atoms with E-state index in [0.717, 1.165) is 0 Å². The zero-order valence-electron chi connectivity index (χ0n) is 7.28. The van der Waals surface area contributed by atoms with Gasteiger partial charge >= 0.3 is 5.97 Å². The molecule has 1 N–H and O–H groups in total. The van der Waals surface area contributed by atoms with Crippen molar-refractivity contribution in [2.75, 3.05) is 13.1 Å². The average molecular weight is 171 g/mol. The molecule has 0 heterocycles. The fourth-order valence-corrected chi connectivity index (χ4v) is 0.757. The molecule has 4 heteroatoms. The van der Waals surface area contributed by atoms with Gasteiger partial charge in [0.15, 0.2) is 0 Å². The van der Waals surface area contributed by atoms with Crippen LogP contribution in [0, 0.1) is 0 Å². The monoisotopic (exact) mass is 171 g/mol. The van der Waals surface area contributed by atoms with Crippen LogP contribution in [0.3, 0.4) is 0 Å². The zero-order chi connectivity index (χ0) is 9.56. The summed E-state index contributed by atoms with van der Waals surface area (Å²) in [5, 5.41) is 8.41. The van der Waals surface area contributed by atoms with Crippen LogP contribution in [0.15, 0.2) is 12.2 Å². The van der Waals surface area contributed by atoms with Gasteiger partial charge in [-0.2, -0.15) is 0 Å². The lowest BCUT2D eigenvalue weighted by Gasteiger charge is -2.15. The second-order valence-electron chi connectivity index (χ2n) is 2.25. The van der Waals surface area contributed by atoms with Crippen LogP contribution in [0.25, 0.3) is 0 Å². The minimum atomic E-state index is -0.991. The number of carboxylic acid groups (broad SMARTS) is 1. The fraction of sp³-hybridized carbons (Fsp3) is 0.500. The molecule has 68 valence electrons. The molecule has 0 radical (unpaired) electrons. The molecule has 0 aliphatic carbocycles. The number of likely N-dealkylation sites (N-methyl/N-ethyl adjacent to an activating group) is 1. The van der Waals surface area contributed by atoms with Gasteiger partial charge in [0.1, 0.15) is 6.54 Å². The third-order valence-corrected chi connectivity index (χ3v) is 1.33. The molecule has 0 bridgehead atoms. The number of carbonyl (C=O) groups excluding carboxylic acids is 1. The van der Waals surface area contributed by atoms with Crippen molar-refractivity contribution in [1.82, 2.24) is 4.90 Å². The minimum absolute atomic E-state index is 0.236. The predicted octanol–water partition coefficient (Wildman–Crippen LogP) is 0.496. The first-order chi connectivity index (χ1) is 5.61. The molecule has 0 unspecified atom stereocenters. The van der Waals surface area contributed by atoms with Gasteiger partial charge in [-0.15, -0.1) is 0 Å². The number of aliphatic carboxylic acids is 1. The fourth-order valence-electron chi connectivity index (χ4n) is 0.757. The van der Waals surface area contributed by atoms with Crippen LogP contribution in [0.2, 0.25) is 0 Å². The summed E-state index contributed by atoms with van der Waals surface area (Å²) >= 11 is 0. The van der Waals surface area contributed by atoms with Crippen LogP contribution < -0.4 is 0 Å². The maximum Gasteiger partial charge on any atom is 0.323 e. The first-order valence-corrected chi connectivity index (χ1v) is 3.75. The number of hydrogen-bond donors (Lipinski definition) is 1. The summed E-state index contributed by atoms with van der Waals surface area (Å²) in [6.07, 6.45) is 2.94. The van der Waals surface area contributed by atoms with Gasteiger partial charge in [-0.1, -0.05) is 6.08 Å². The smallest absolute Gasteiger partial charge is 0.323 e. The van der Waals surface area contributed by atoms with Gasteiger partial charge in [0.25, 0.3) is 0 Å². The zero-order valence-corrected chi connectivity index (χ0v) is 7.28. The van der Waals surface area contributed by atoms with Crippen molar-refractivity contribution in [3.63, 3.8) is 0 Å². The maximum absolute atomic E-state index is 11.1. The van der Waals surface area contributed by atoms with E-state index < -0.39 is 5.97 Å². The molecule has 0 spiro atoms. The van der Waals surface area contributed by atoms with E-state index in [0.29, 0.717) is 6.54 Å². The average Bonchev–Trinajstić information content (AvgIpc) is 2.00. The van der Waals surface area contributed by atoms with E-state index in [1.54, 1.807) is 19.9 Å². The van der Waals surface area contributed by atoms with Gasteiger partial charge in [0.05, 0.1) is 0 Å². The van der Waals surface area contributed by atoms with E-state index in [2.05, 4.69) is 0 Å². The van der Waals surface area contributed by atoms with E-state index in [-0.39, 0.29) is 12.5 Å². The Balaban J connectivity index is 4.14. The Kier molecular flexibility index (Phi) is 4.76. The van der Waals surface area contributed by atoms with E-state index in [9.17, 15) is 9.59 Å². The molecule has 0 saturated heterocycles. The Morgan fingerprint density at radius 2 is 2.08 bits per heavy atom. The van der Waals surface area contributed by atoms with Gasteiger partial charge in [-0.3, -0.25) is 9.59 Å². The van der Waals surface area contributed by atoms with Crippen LogP contribution in [-0.2, 0) is 9.59 Å². The van der Waals surface area contributed by atoms with E-state index in [1.807, 2.05) is 0 Å². The second kappa shape index (κ2) is 5.35. The molecule has 0 atom stereocenters. The molecular weight excluding hydrogens is 158 g/mol. The van der Waals surface area contributed by atoms with Gasteiger partial charge in [0, 0.05) is 6.54 Å². The topological polar surface area (TPSA) is 57.6 Å². The number of hydrogen-bond acceptors (Lipinski definition) is 2. The van der Waals surface area contributed by atoms with Crippen molar-refractivity contribution >= 4 is 11.9 Å². The highest BCUT2D eigenvalue weighted by atomic mass is 16.4. The van der Waals surface area contributed by atoms with E-state index in [4.69, 9.17) is 5.11 Å². The molecule has 4 nitrogen and oxygen atoms in total. The van der Waals surface area contributed by atoms with Crippen LogP contribution in [-0.4, -0.2) is 35.0 Å². The number of allylic oxidation sites excluding steroid dienone is 1. The van der Waals surface area contributed by atoms with Crippen LogP contribution in [0.4, 0.5) is 0 Å². The molecule has 1 amide bonds. The summed E-state index contributed by atoms with van der Waals surface area (Å²) in [4.78, 5) is 22.6. The summed E-state index contributed by atoms with van der Waals surface area (Å²) in [7, 11) is 0. The number of rotatable bonds is 4. The van der Waals surface area contributed by atoms with Crippen molar-refractivity contribution in [2.24, 2.45) is 0 Å². The van der Waals surface area contributed by atoms with Crippen molar-refractivity contribution in [3.8, 4) is 0 Å². The Hall–Kier alpha value is -1.32. The van der Waals surface area contributed by atoms with Crippen molar-refractivity contribution in [3.05, 3.63) is 12.2 Å². The Morgan fingerprint density at radius 1 is 1.50 bits per heavy atom. The number of carboxylic acids is 1. The molecule has 0 saturated carbocycles. The Labute approximate surface area is 71.5 Å². The standard InChI is InChI=1S/C8H13NO3/c1-3-5-7(10)9(4-2)6-8(11)12/h3,5H,4,6H2,1-2H3,(H,11,12)/b5-3-. The highest BCUT2D eigenvalue weighted by Gasteiger charge is 2.10. The molecular formula is C8H13NO3. The number of amides is 1. The first kappa shape index (κ1) is 10.7. The molecule has 0 aromatic rings. The predicted molar refractivity (Wildman–Crippen MR) is 44.7 cm³/mol. The van der Waals surface area contributed by atoms with E-state index >= 15 is 0 Å². The summed E-state index contributed by atoms with van der Waals surface area (Å²) < 4.78 is 0. The van der Waals surface area contributed by atoms with Gasteiger partial charge in [-0.05, 0) is 19.9 Å². The van der Waals surface area contributed by atoms with Crippen molar-refractivity contribution < 1.29 is 14.7 Å². The summed E-state index contributed by atoms with van der Waals surface area (Å²) in [5.74, 6) is -1.25. The normalized spacial score (nSPS) is 10.2. The van der Waals surface area contributed by atoms with Crippen LogP contribution in [0.1, 0.15) is 13.8 Å². The molecule has 0 aromatic carbocycles. The van der Waals surface area contributed by atoms with Crippen molar-refractivity contribution in [2.45, 2.75) is 13.8 Å².